The van der Waals surface area contributed by atoms with Gasteiger partial charge in [-0.3, -0.25) is 4.79 Å². The number of halogens is 1. The fraction of sp³-hybridized carbons (Fsp3) is 0.364. The third-order valence-corrected chi connectivity index (χ3v) is 2.36. The lowest BCUT2D eigenvalue weighted by Crippen LogP contribution is -2.31. The highest BCUT2D eigenvalue weighted by atomic mass is 35.5. The fourth-order valence-corrected chi connectivity index (χ4v) is 1.32. The summed E-state index contributed by atoms with van der Waals surface area (Å²) in [6.07, 6.45) is 0. The van der Waals surface area contributed by atoms with Gasteiger partial charge in [0, 0.05) is 18.7 Å². The summed E-state index contributed by atoms with van der Waals surface area (Å²) in [6, 6.07) is 4.39. The minimum atomic E-state index is -0.191. The first kappa shape index (κ1) is 12.8. The summed E-state index contributed by atoms with van der Waals surface area (Å²) < 4.78 is 0. The molecular formula is C11H15ClN2O2. The number of likely N-dealkylation sites (N-methyl/N-ethyl adjacent to an activating group) is 1. The van der Waals surface area contributed by atoms with Crippen LogP contribution in [0.2, 0.25) is 5.02 Å². The SMILES string of the molecule is CN(C)CCNC(=O)c1ccc(O)c(Cl)c1. The number of amides is 1. The van der Waals surface area contributed by atoms with Crippen LogP contribution in [0.4, 0.5) is 0 Å². The van der Waals surface area contributed by atoms with E-state index in [4.69, 9.17) is 11.6 Å². The Kier molecular flexibility index (Phi) is 4.58. The summed E-state index contributed by atoms with van der Waals surface area (Å²) in [5.41, 5.74) is 0.446. The maximum Gasteiger partial charge on any atom is 0.251 e. The molecule has 0 saturated heterocycles. The largest absolute Gasteiger partial charge is 0.506 e. The van der Waals surface area contributed by atoms with E-state index >= 15 is 0 Å². The molecule has 0 aromatic heterocycles. The molecule has 0 radical (unpaired) electrons. The topological polar surface area (TPSA) is 52.6 Å². The smallest absolute Gasteiger partial charge is 0.251 e. The Morgan fingerprint density at radius 1 is 1.50 bits per heavy atom. The highest BCUT2D eigenvalue weighted by Crippen LogP contribution is 2.23. The standard InChI is InChI=1S/C11H15ClN2O2/c1-14(2)6-5-13-11(16)8-3-4-10(15)9(12)7-8/h3-4,7,15H,5-6H2,1-2H3,(H,13,16). The molecule has 0 heterocycles. The first-order chi connectivity index (χ1) is 7.50. The van der Waals surface area contributed by atoms with Gasteiger partial charge in [0.1, 0.15) is 5.75 Å². The molecule has 0 bridgehead atoms. The fourth-order valence-electron chi connectivity index (χ4n) is 1.14. The molecule has 0 atom stereocenters. The molecule has 0 spiro atoms. The molecule has 1 aromatic rings. The van der Waals surface area contributed by atoms with E-state index in [9.17, 15) is 9.90 Å². The molecule has 16 heavy (non-hydrogen) atoms. The lowest BCUT2D eigenvalue weighted by molar-refractivity contribution is 0.0951. The van der Waals surface area contributed by atoms with Crippen molar-refractivity contribution in [3.63, 3.8) is 0 Å². The number of nitrogens with one attached hydrogen (secondary N) is 1. The molecule has 1 rings (SSSR count). The number of rotatable bonds is 4. The summed E-state index contributed by atoms with van der Waals surface area (Å²) >= 11 is 5.70. The number of nitrogens with zero attached hydrogens (tertiary/aromatic N) is 1. The first-order valence-electron chi connectivity index (χ1n) is 4.92. The van der Waals surface area contributed by atoms with Crippen LogP contribution in [0.3, 0.4) is 0 Å². The van der Waals surface area contributed by atoms with Crippen molar-refractivity contribution in [2.75, 3.05) is 27.2 Å². The van der Waals surface area contributed by atoms with Gasteiger partial charge in [-0.2, -0.15) is 0 Å². The van der Waals surface area contributed by atoms with Gasteiger partial charge >= 0.3 is 0 Å². The molecule has 1 amide bonds. The Bertz CT molecular complexity index is 380. The van der Waals surface area contributed by atoms with Crippen LogP contribution in [0.15, 0.2) is 18.2 Å². The molecule has 1 aromatic carbocycles. The van der Waals surface area contributed by atoms with Crippen LogP contribution in [0.25, 0.3) is 0 Å². The molecule has 5 heteroatoms. The van der Waals surface area contributed by atoms with Gasteiger partial charge < -0.3 is 15.3 Å². The summed E-state index contributed by atoms with van der Waals surface area (Å²) in [7, 11) is 3.87. The molecule has 0 fully saturated rings. The second kappa shape index (κ2) is 5.72. The number of hydrogen-bond donors (Lipinski definition) is 2. The zero-order valence-corrected chi connectivity index (χ0v) is 10.1. The van der Waals surface area contributed by atoms with Crippen molar-refractivity contribution < 1.29 is 9.90 Å². The zero-order valence-electron chi connectivity index (χ0n) is 9.33. The van der Waals surface area contributed by atoms with E-state index < -0.39 is 0 Å². The van der Waals surface area contributed by atoms with Crippen molar-refractivity contribution in [2.24, 2.45) is 0 Å². The van der Waals surface area contributed by atoms with Gasteiger partial charge in [0.2, 0.25) is 0 Å². The van der Waals surface area contributed by atoms with Gasteiger partial charge in [-0.25, -0.2) is 0 Å². The minimum Gasteiger partial charge on any atom is -0.506 e. The highest BCUT2D eigenvalue weighted by molar-refractivity contribution is 6.32. The van der Waals surface area contributed by atoms with Crippen molar-refractivity contribution in [1.82, 2.24) is 10.2 Å². The van der Waals surface area contributed by atoms with Crippen molar-refractivity contribution in [1.29, 1.82) is 0 Å². The molecule has 0 aliphatic rings. The normalized spacial score (nSPS) is 10.5. The monoisotopic (exact) mass is 242 g/mol. The van der Waals surface area contributed by atoms with E-state index in [0.29, 0.717) is 12.1 Å². The lowest BCUT2D eigenvalue weighted by Gasteiger charge is -2.10. The van der Waals surface area contributed by atoms with Gasteiger partial charge in [0.05, 0.1) is 5.02 Å². The number of hydrogen-bond acceptors (Lipinski definition) is 3. The van der Waals surface area contributed by atoms with Crippen LogP contribution in [0, 0.1) is 0 Å². The van der Waals surface area contributed by atoms with Crippen molar-refractivity contribution in [3.05, 3.63) is 28.8 Å². The van der Waals surface area contributed by atoms with E-state index in [-0.39, 0.29) is 16.7 Å². The van der Waals surface area contributed by atoms with E-state index in [1.807, 2.05) is 19.0 Å². The number of aromatic hydroxyl groups is 1. The Balaban J connectivity index is 2.56. The highest BCUT2D eigenvalue weighted by Gasteiger charge is 2.07. The summed E-state index contributed by atoms with van der Waals surface area (Å²) in [5.74, 6) is -0.213. The molecule has 0 aliphatic carbocycles. The lowest BCUT2D eigenvalue weighted by atomic mass is 10.2. The Hall–Kier alpha value is -1.26. The van der Waals surface area contributed by atoms with Crippen LogP contribution < -0.4 is 5.32 Å². The predicted octanol–water partition coefficient (Wildman–Crippen LogP) is 1.34. The number of carbonyl (C=O) groups excluding carboxylic acids is 1. The maximum absolute atomic E-state index is 11.6. The number of benzene rings is 1. The minimum absolute atomic E-state index is 0.0218. The van der Waals surface area contributed by atoms with Gasteiger partial charge in [-0.15, -0.1) is 0 Å². The van der Waals surface area contributed by atoms with Gasteiger partial charge in [0.25, 0.3) is 5.91 Å². The second-order valence-corrected chi connectivity index (χ2v) is 4.13. The van der Waals surface area contributed by atoms with Crippen LogP contribution >= 0.6 is 11.6 Å². The van der Waals surface area contributed by atoms with Crippen LogP contribution in [-0.2, 0) is 0 Å². The maximum atomic E-state index is 11.6. The third kappa shape index (κ3) is 3.72. The van der Waals surface area contributed by atoms with Gasteiger partial charge in [-0.1, -0.05) is 11.6 Å². The Labute approximate surface area is 99.8 Å². The van der Waals surface area contributed by atoms with Crippen LogP contribution in [0.5, 0.6) is 5.75 Å². The summed E-state index contributed by atoms with van der Waals surface area (Å²) in [4.78, 5) is 13.6. The quantitative estimate of drug-likeness (QED) is 0.838. The van der Waals surface area contributed by atoms with E-state index in [2.05, 4.69) is 5.32 Å². The third-order valence-electron chi connectivity index (χ3n) is 2.05. The molecule has 0 unspecified atom stereocenters. The summed E-state index contributed by atoms with van der Waals surface area (Å²) in [5, 5.41) is 12.1. The van der Waals surface area contributed by atoms with Crippen LogP contribution in [-0.4, -0.2) is 43.1 Å². The molecule has 0 aliphatic heterocycles. The number of phenols is 1. The van der Waals surface area contributed by atoms with E-state index in [1.54, 1.807) is 0 Å². The van der Waals surface area contributed by atoms with E-state index in [0.717, 1.165) is 6.54 Å². The Morgan fingerprint density at radius 3 is 2.75 bits per heavy atom. The molecule has 2 N–H and O–H groups in total. The molecular weight excluding hydrogens is 228 g/mol. The van der Waals surface area contributed by atoms with Crippen molar-refractivity contribution >= 4 is 17.5 Å². The zero-order chi connectivity index (χ0) is 12.1. The molecule has 4 nitrogen and oxygen atoms in total. The summed E-state index contributed by atoms with van der Waals surface area (Å²) in [6.45, 7) is 1.35. The van der Waals surface area contributed by atoms with E-state index in [1.165, 1.54) is 18.2 Å². The van der Waals surface area contributed by atoms with Crippen LogP contribution in [0.1, 0.15) is 10.4 Å². The number of carbonyl (C=O) groups is 1. The average molecular weight is 243 g/mol. The second-order valence-electron chi connectivity index (χ2n) is 3.73. The van der Waals surface area contributed by atoms with Gasteiger partial charge in [-0.05, 0) is 32.3 Å². The first-order valence-corrected chi connectivity index (χ1v) is 5.30. The van der Waals surface area contributed by atoms with Gasteiger partial charge in [0.15, 0.2) is 0 Å². The van der Waals surface area contributed by atoms with Crippen molar-refractivity contribution in [3.8, 4) is 5.75 Å². The molecule has 88 valence electrons. The number of phenolic OH excluding ortho intramolecular Hbond substituents is 1. The Morgan fingerprint density at radius 2 is 2.19 bits per heavy atom. The average Bonchev–Trinajstić information content (AvgIpc) is 2.21. The van der Waals surface area contributed by atoms with Crippen molar-refractivity contribution in [2.45, 2.75) is 0 Å². The predicted molar refractivity (Wildman–Crippen MR) is 64.0 cm³/mol. The molecule has 0 saturated carbocycles.